The Hall–Kier alpha value is -2.54. The van der Waals surface area contributed by atoms with Crippen molar-refractivity contribution in [1.82, 2.24) is 20.3 Å². The first-order chi connectivity index (χ1) is 10.1. The Labute approximate surface area is 125 Å². The number of aryl methyl sites for hydroxylation is 1. The van der Waals surface area contributed by atoms with Crippen LogP contribution in [0.1, 0.15) is 21.1 Å². The number of fused-ring (bicyclic) bond motifs is 1. The van der Waals surface area contributed by atoms with Gasteiger partial charge in [-0.25, -0.2) is 15.0 Å². The Bertz CT molecular complexity index is 800. The summed E-state index contributed by atoms with van der Waals surface area (Å²) < 4.78 is 0. The number of anilines is 1. The Morgan fingerprint density at radius 2 is 2.24 bits per heavy atom. The molecule has 0 saturated heterocycles. The van der Waals surface area contributed by atoms with Crippen molar-refractivity contribution in [3.8, 4) is 0 Å². The second-order valence-corrected chi connectivity index (χ2v) is 5.53. The number of carbonyl (C=O) groups is 1. The molecule has 7 heteroatoms. The molecule has 1 amide bonds. The van der Waals surface area contributed by atoms with Gasteiger partial charge in [-0.15, -0.1) is 11.3 Å². The number of rotatable bonds is 3. The Kier molecular flexibility index (Phi) is 3.49. The highest BCUT2D eigenvalue weighted by molar-refractivity contribution is 7.21. The van der Waals surface area contributed by atoms with Crippen LogP contribution in [0.25, 0.3) is 10.2 Å². The van der Waals surface area contributed by atoms with Gasteiger partial charge in [0.05, 0.1) is 17.9 Å². The lowest BCUT2D eigenvalue weighted by molar-refractivity contribution is 0.0955. The van der Waals surface area contributed by atoms with Gasteiger partial charge in [0.25, 0.3) is 5.91 Å². The zero-order valence-corrected chi connectivity index (χ0v) is 12.1. The van der Waals surface area contributed by atoms with Gasteiger partial charge in [-0.2, -0.15) is 0 Å². The van der Waals surface area contributed by atoms with E-state index in [0.29, 0.717) is 17.1 Å². The highest BCUT2D eigenvalue weighted by Crippen LogP contribution is 2.32. The lowest BCUT2D eigenvalue weighted by atomic mass is 10.2. The first kappa shape index (κ1) is 13.4. The lowest BCUT2D eigenvalue weighted by Gasteiger charge is -2.03. The molecule has 3 aromatic rings. The molecule has 0 aliphatic rings. The molecule has 0 bridgehead atoms. The van der Waals surface area contributed by atoms with Crippen molar-refractivity contribution in [2.24, 2.45) is 0 Å². The van der Waals surface area contributed by atoms with Gasteiger partial charge < -0.3 is 11.1 Å². The third-order valence-corrected chi connectivity index (χ3v) is 4.13. The molecule has 3 N–H and O–H groups in total. The molecule has 0 aliphatic heterocycles. The number of nitrogens with two attached hydrogens (primary N) is 1. The third-order valence-electron chi connectivity index (χ3n) is 3.01. The Morgan fingerprint density at radius 1 is 1.38 bits per heavy atom. The second kappa shape index (κ2) is 5.45. The van der Waals surface area contributed by atoms with Crippen LogP contribution in [0, 0.1) is 6.92 Å². The minimum atomic E-state index is -0.216. The average Bonchev–Trinajstić information content (AvgIpc) is 2.82. The van der Waals surface area contributed by atoms with Gasteiger partial charge in [0.15, 0.2) is 0 Å². The van der Waals surface area contributed by atoms with E-state index < -0.39 is 0 Å². The van der Waals surface area contributed by atoms with Crippen molar-refractivity contribution >= 4 is 33.1 Å². The Morgan fingerprint density at radius 3 is 3.00 bits per heavy atom. The topological polar surface area (TPSA) is 93.8 Å². The van der Waals surface area contributed by atoms with Crippen LogP contribution in [-0.2, 0) is 6.54 Å². The maximum absolute atomic E-state index is 12.2. The predicted molar refractivity (Wildman–Crippen MR) is 82.0 cm³/mol. The smallest absolute Gasteiger partial charge is 0.263 e. The molecule has 6 nitrogen and oxygen atoms in total. The van der Waals surface area contributed by atoms with Gasteiger partial charge >= 0.3 is 0 Å². The van der Waals surface area contributed by atoms with Crippen LogP contribution in [-0.4, -0.2) is 20.9 Å². The highest BCUT2D eigenvalue weighted by Gasteiger charge is 2.17. The van der Waals surface area contributed by atoms with Crippen LogP contribution in [0.2, 0.25) is 0 Å². The van der Waals surface area contributed by atoms with Crippen LogP contribution in [0.3, 0.4) is 0 Å². The van der Waals surface area contributed by atoms with Crippen molar-refractivity contribution in [3.05, 3.63) is 47.0 Å². The third kappa shape index (κ3) is 2.68. The van der Waals surface area contributed by atoms with E-state index in [2.05, 4.69) is 20.3 Å². The summed E-state index contributed by atoms with van der Waals surface area (Å²) in [5.74, 6) is -0.216. The summed E-state index contributed by atoms with van der Waals surface area (Å²) >= 11 is 1.30. The predicted octanol–water partition coefficient (Wildman–Crippen LogP) is 1.91. The molecular weight excluding hydrogens is 286 g/mol. The van der Waals surface area contributed by atoms with Gasteiger partial charge in [0.1, 0.15) is 16.0 Å². The van der Waals surface area contributed by atoms with Crippen LogP contribution < -0.4 is 11.1 Å². The molecule has 0 spiro atoms. The van der Waals surface area contributed by atoms with Crippen molar-refractivity contribution in [1.29, 1.82) is 0 Å². The number of pyridine rings is 1. The molecule has 3 rings (SSSR count). The number of thiophene rings is 1. The zero-order valence-electron chi connectivity index (χ0n) is 11.3. The lowest BCUT2D eigenvalue weighted by Crippen LogP contribution is -2.23. The summed E-state index contributed by atoms with van der Waals surface area (Å²) in [5, 5.41) is 3.62. The molecule has 106 valence electrons. The molecule has 0 atom stereocenters. The number of nitrogen functional groups attached to an aromatic ring is 1. The summed E-state index contributed by atoms with van der Waals surface area (Å²) in [5.41, 5.74) is 8.16. The van der Waals surface area contributed by atoms with Crippen molar-refractivity contribution in [2.75, 3.05) is 5.73 Å². The van der Waals surface area contributed by atoms with Crippen molar-refractivity contribution in [2.45, 2.75) is 13.5 Å². The largest absolute Gasteiger partial charge is 0.397 e. The molecule has 0 aliphatic carbocycles. The van der Waals surface area contributed by atoms with Gasteiger partial charge in [-0.05, 0) is 25.1 Å². The van der Waals surface area contributed by atoms with Gasteiger partial charge in [0, 0.05) is 17.3 Å². The van der Waals surface area contributed by atoms with E-state index in [9.17, 15) is 4.79 Å². The fourth-order valence-electron chi connectivity index (χ4n) is 1.93. The molecule has 0 radical (unpaired) electrons. The van der Waals surface area contributed by atoms with E-state index in [-0.39, 0.29) is 5.91 Å². The van der Waals surface area contributed by atoms with E-state index in [1.54, 1.807) is 12.3 Å². The Balaban J connectivity index is 1.83. The number of aromatic nitrogens is 3. The molecule has 3 heterocycles. The molecule has 3 aromatic heterocycles. The number of nitrogens with one attached hydrogen (secondary N) is 1. The summed E-state index contributed by atoms with van der Waals surface area (Å²) in [6.07, 6.45) is 3.08. The molecular formula is C14H13N5OS. The maximum Gasteiger partial charge on any atom is 0.263 e. The zero-order chi connectivity index (χ0) is 14.8. The standard InChI is InChI=1S/C14H13N5OS/c1-8-2-3-10-11(15)12(21-14(10)19-8)13(20)17-6-9-4-5-16-7-18-9/h2-5,7H,6,15H2,1H3,(H,17,20). The number of hydrogen-bond donors (Lipinski definition) is 2. The fraction of sp³-hybridized carbons (Fsp3) is 0.143. The summed E-state index contributed by atoms with van der Waals surface area (Å²) in [7, 11) is 0. The van der Waals surface area contributed by atoms with E-state index in [1.807, 2.05) is 19.1 Å². The first-order valence-electron chi connectivity index (χ1n) is 6.34. The number of nitrogens with zero attached hydrogens (tertiary/aromatic N) is 3. The maximum atomic E-state index is 12.2. The molecule has 21 heavy (non-hydrogen) atoms. The minimum absolute atomic E-state index is 0.216. The average molecular weight is 299 g/mol. The highest BCUT2D eigenvalue weighted by atomic mass is 32.1. The van der Waals surface area contributed by atoms with Crippen LogP contribution in [0.4, 0.5) is 5.69 Å². The van der Waals surface area contributed by atoms with E-state index in [1.165, 1.54) is 17.7 Å². The monoisotopic (exact) mass is 299 g/mol. The van der Waals surface area contributed by atoms with Crippen LogP contribution >= 0.6 is 11.3 Å². The molecule has 0 unspecified atom stereocenters. The van der Waals surface area contributed by atoms with Gasteiger partial charge in [-0.1, -0.05) is 0 Å². The SMILES string of the molecule is Cc1ccc2c(N)c(C(=O)NCc3ccncn3)sc2n1. The minimum Gasteiger partial charge on any atom is -0.397 e. The summed E-state index contributed by atoms with van der Waals surface area (Å²) in [4.78, 5) is 25.8. The fourth-order valence-corrected chi connectivity index (χ4v) is 2.99. The second-order valence-electron chi connectivity index (χ2n) is 4.53. The number of hydrogen-bond acceptors (Lipinski definition) is 6. The van der Waals surface area contributed by atoms with E-state index in [4.69, 9.17) is 5.73 Å². The first-order valence-corrected chi connectivity index (χ1v) is 7.15. The van der Waals surface area contributed by atoms with Gasteiger partial charge in [-0.3, -0.25) is 4.79 Å². The summed E-state index contributed by atoms with van der Waals surface area (Å²) in [6.45, 7) is 2.24. The number of carbonyl (C=O) groups excluding carboxylic acids is 1. The summed E-state index contributed by atoms with van der Waals surface area (Å²) in [6, 6.07) is 5.53. The quantitative estimate of drug-likeness (QED) is 0.770. The molecule has 0 aromatic carbocycles. The van der Waals surface area contributed by atoms with Crippen molar-refractivity contribution in [3.63, 3.8) is 0 Å². The normalized spacial score (nSPS) is 10.7. The van der Waals surface area contributed by atoms with Crippen molar-refractivity contribution < 1.29 is 4.79 Å². The van der Waals surface area contributed by atoms with Gasteiger partial charge in [0.2, 0.25) is 0 Å². The van der Waals surface area contributed by atoms with E-state index in [0.717, 1.165) is 21.6 Å². The van der Waals surface area contributed by atoms with Crippen LogP contribution in [0.5, 0.6) is 0 Å². The molecule has 0 saturated carbocycles. The number of amides is 1. The van der Waals surface area contributed by atoms with Crippen LogP contribution in [0.15, 0.2) is 30.7 Å². The molecule has 0 fully saturated rings. The van der Waals surface area contributed by atoms with E-state index >= 15 is 0 Å².